The number of hydrogen-bond acceptors (Lipinski definition) is 4. The number of ether oxygens (including phenoxy) is 2. The Hall–Kier alpha value is -2.35. The predicted molar refractivity (Wildman–Crippen MR) is 99.9 cm³/mol. The highest BCUT2D eigenvalue weighted by atomic mass is 19.1. The molecule has 0 aromatic heterocycles. The molecule has 1 atom stereocenters. The lowest BCUT2D eigenvalue weighted by Crippen LogP contribution is -2.60. The third-order valence-electron chi connectivity index (χ3n) is 5.14. The normalized spacial score (nSPS) is 23.8. The lowest BCUT2D eigenvalue weighted by molar-refractivity contribution is -0.146. The highest BCUT2D eigenvalue weighted by Gasteiger charge is 2.43. The van der Waals surface area contributed by atoms with E-state index in [0.29, 0.717) is 45.1 Å². The first kappa shape index (κ1) is 19.0. The summed E-state index contributed by atoms with van der Waals surface area (Å²) in [4.78, 5) is 16.2. The summed E-state index contributed by atoms with van der Waals surface area (Å²) < 4.78 is 38.2. The van der Waals surface area contributed by atoms with E-state index in [0.717, 1.165) is 5.56 Å². The van der Waals surface area contributed by atoms with Crippen LogP contribution in [-0.4, -0.2) is 55.9 Å². The Morgan fingerprint density at radius 2 is 1.64 bits per heavy atom. The highest BCUT2D eigenvalue weighted by molar-refractivity contribution is 5.95. The van der Waals surface area contributed by atoms with Gasteiger partial charge in [0.1, 0.15) is 23.8 Å². The van der Waals surface area contributed by atoms with Crippen LogP contribution in [0.15, 0.2) is 48.5 Å². The van der Waals surface area contributed by atoms with Gasteiger partial charge in [0.05, 0.1) is 19.8 Å². The number of morpholine rings is 1. The van der Waals surface area contributed by atoms with Gasteiger partial charge in [-0.25, -0.2) is 8.78 Å². The van der Waals surface area contributed by atoms with E-state index in [1.165, 1.54) is 24.3 Å². The number of rotatable bonds is 3. The van der Waals surface area contributed by atoms with Crippen molar-refractivity contribution in [1.82, 2.24) is 4.90 Å². The number of anilines is 1. The monoisotopic (exact) mass is 388 g/mol. The highest BCUT2D eigenvalue weighted by Crippen LogP contribution is 2.28. The zero-order chi connectivity index (χ0) is 19.6. The van der Waals surface area contributed by atoms with Crippen molar-refractivity contribution in [3.05, 3.63) is 65.7 Å². The minimum atomic E-state index is -0.668. The molecule has 1 spiro atoms. The number of halogens is 2. The Kier molecular flexibility index (Phi) is 5.39. The lowest BCUT2D eigenvalue weighted by Gasteiger charge is -2.43. The van der Waals surface area contributed by atoms with Crippen LogP contribution in [-0.2, 0) is 20.8 Å². The molecule has 0 saturated carbocycles. The Morgan fingerprint density at radius 3 is 2.36 bits per heavy atom. The average molecular weight is 388 g/mol. The average Bonchev–Trinajstić information content (AvgIpc) is 2.89. The second-order valence-electron chi connectivity index (χ2n) is 7.32. The Balaban J connectivity index is 1.52. The van der Waals surface area contributed by atoms with Gasteiger partial charge in [0.15, 0.2) is 0 Å². The van der Waals surface area contributed by atoms with Crippen LogP contribution in [0, 0.1) is 11.6 Å². The third-order valence-corrected chi connectivity index (χ3v) is 5.14. The minimum absolute atomic E-state index is 0.0505. The second kappa shape index (κ2) is 7.95. The first-order chi connectivity index (χ1) is 13.5. The topological polar surface area (TPSA) is 42.0 Å². The molecule has 0 aliphatic carbocycles. The summed E-state index contributed by atoms with van der Waals surface area (Å²) in [5.41, 5.74) is 0.975. The molecule has 28 heavy (non-hydrogen) atoms. The quantitative estimate of drug-likeness (QED) is 0.811. The van der Waals surface area contributed by atoms with E-state index in [1.807, 2.05) is 0 Å². The molecule has 2 aromatic rings. The molecule has 5 nitrogen and oxygen atoms in total. The van der Waals surface area contributed by atoms with Crippen LogP contribution >= 0.6 is 0 Å². The molecular weight excluding hydrogens is 366 g/mol. The first-order valence-electron chi connectivity index (χ1n) is 9.27. The SMILES string of the molecule is O=C1COC2(COCCN(Cc3ccc(F)cc3)C2)CN1c1ccc(F)cc1. The van der Waals surface area contributed by atoms with Crippen LogP contribution in [0.4, 0.5) is 14.5 Å². The van der Waals surface area contributed by atoms with Gasteiger partial charge in [0.2, 0.25) is 0 Å². The Bertz CT molecular complexity index is 829. The Morgan fingerprint density at radius 1 is 0.964 bits per heavy atom. The molecule has 0 N–H and O–H groups in total. The van der Waals surface area contributed by atoms with Crippen molar-refractivity contribution in [3.63, 3.8) is 0 Å². The van der Waals surface area contributed by atoms with Gasteiger partial charge in [0.25, 0.3) is 5.91 Å². The fourth-order valence-corrected chi connectivity index (χ4v) is 3.72. The van der Waals surface area contributed by atoms with Crippen LogP contribution in [0.3, 0.4) is 0 Å². The zero-order valence-electron chi connectivity index (χ0n) is 15.4. The Labute approximate surface area is 162 Å². The van der Waals surface area contributed by atoms with Crippen molar-refractivity contribution < 1.29 is 23.0 Å². The van der Waals surface area contributed by atoms with Gasteiger partial charge in [-0.1, -0.05) is 12.1 Å². The fraction of sp³-hybridized carbons (Fsp3) is 0.381. The minimum Gasteiger partial charge on any atom is -0.377 e. The smallest absolute Gasteiger partial charge is 0.253 e. The van der Waals surface area contributed by atoms with Crippen molar-refractivity contribution in [1.29, 1.82) is 0 Å². The number of benzene rings is 2. The lowest BCUT2D eigenvalue weighted by atomic mass is 10.0. The maximum Gasteiger partial charge on any atom is 0.253 e. The van der Waals surface area contributed by atoms with Gasteiger partial charge in [-0.05, 0) is 42.0 Å². The van der Waals surface area contributed by atoms with E-state index in [9.17, 15) is 13.6 Å². The van der Waals surface area contributed by atoms with Crippen LogP contribution in [0.5, 0.6) is 0 Å². The zero-order valence-corrected chi connectivity index (χ0v) is 15.4. The van der Waals surface area contributed by atoms with E-state index in [-0.39, 0.29) is 24.1 Å². The number of carbonyl (C=O) groups excluding carboxylic acids is 1. The molecule has 4 rings (SSSR count). The third kappa shape index (κ3) is 4.22. The number of amides is 1. The van der Waals surface area contributed by atoms with Gasteiger partial charge in [-0.2, -0.15) is 0 Å². The molecule has 0 bridgehead atoms. The molecule has 1 amide bonds. The van der Waals surface area contributed by atoms with Gasteiger partial charge in [-0.3, -0.25) is 9.69 Å². The van der Waals surface area contributed by atoms with E-state index in [2.05, 4.69) is 4.90 Å². The first-order valence-corrected chi connectivity index (χ1v) is 9.27. The van der Waals surface area contributed by atoms with E-state index < -0.39 is 5.60 Å². The molecule has 1 unspecified atom stereocenters. The molecule has 148 valence electrons. The molecule has 2 fully saturated rings. The van der Waals surface area contributed by atoms with Gasteiger partial charge < -0.3 is 14.4 Å². The van der Waals surface area contributed by atoms with Crippen molar-refractivity contribution in [2.24, 2.45) is 0 Å². The molecule has 0 radical (unpaired) electrons. The van der Waals surface area contributed by atoms with Gasteiger partial charge in [0, 0.05) is 25.3 Å². The van der Waals surface area contributed by atoms with Crippen molar-refractivity contribution in [2.75, 3.05) is 44.4 Å². The molecule has 7 heteroatoms. The molecular formula is C21H22F2N2O3. The summed E-state index contributed by atoms with van der Waals surface area (Å²) in [6, 6.07) is 12.3. The molecule has 2 saturated heterocycles. The largest absolute Gasteiger partial charge is 0.377 e. The van der Waals surface area contributed by atoms with Crippen molar-refractivity contribution >= 4 is 11.6 Å². The molecule has 2 heterocycles. The number of carbonyl (C=O) groups is 1. The number of hydrogen-bond donors (Lipinski definition) is 0. The van der Waals surface area contributed by atoms with Crippen LogP contribution < -0.4 is 4.90 Å². The van der Waals surface area contributed by atoms with Gasteiger partial charge >= 0.3 is 0 Å². The van der Waals surface area contributed by atoms with E-state index in [4.69, 9.17) is 9.47 Å². The summed E-state index contributed by atoms with van der Waals surface area (Å²) in [6.45, 7) is 3.14. The number of nitrogens with zero attached hydrogens (tertiary/aromatic N) is 2. The standard InChI is InChI=1S/C21H22F2N2O3/c22-17-3-1-16(2-4-17)11-24-9-10-27-15-21(13-24)14-25(20(26)12-28-21)19-7-5-18(23)6-8-19/h1-8H,9-15H2. The molecule has 2 aliphatic heterocycles. The second-order valence-corrected chi connectivity index (χ2v) is 7.32. The van der Waals surface area contributed by atoms with Crippen LogP contribution in [0.25, 0.3) is 0 Å². The van der Waals surface area contributed by atoms with E-state index in [1.54, 1.807) is 29.2 Å². The van der Waals surface area contributed by atoms with Crippen LogP contribution in [0.2, 0.25) is 0 Å². The fourth-order valence-electron chi connectivity index (χ4n) is 3.72. The van der Waals surface area contributed by atoms with Gasteiger partial charge in [-0.15, -0.1) is 0 Å². The van der Waals surface area contributed by atoms with E-state index >= 15 is 0 Å². The summed E-state index contributed by atoms with van der Waals surface area (Å²) in [5, 5.41) is 0. The maximum absolute atomic E-state index is 13.3. The summed E-state index contributed by atoms with van der Waals surface area (Å²) in [6.07, 6.45) is 0. The molecule has 2 aliphatic rings. The van der Waals surface area contributed by atoms with Crippen molar-refractivity contribution in [2.45, 2.75) is 12.1 Å². The van der Waals surface area contributed by atoms with Crippen molar-refractivity contribution in [3.8, 4) is 0 Å². The summed E-state index contributed by atoms with van der Waals surface area (Å²) in [7, 11) is 0. The summed E-state index contributed by atoms with van der Waals surface area (Å²) in [5.74, 6) is -0.766. The maximum atomic E-state index is 13.3. The molecule has 2 aromatic carbocycles. The predicted octanol–water partition coefficient (Wildman–Crippen LogP) is 2.60. The summed E-state index contributed by atoms with van der Waals surface area (Å²) >= 11 is 0. The van der Waals surface area contributed by atoms with Crippen LogP contribution in [0.1, 0.15) is 5.56 Å².